The first kappa shape index (κ1) is 14.2. The van der Waals surface area contributed by atoms with Gasteiger partial charge in [0.25, 0.3) is 0 Å². The third-order valence-electron chi connectivity index (χ3n) is 3.52. The van der Waals surface area contributed by atoms with Crippen molar-refractivity contribution in [2.75, 3.05) is 5.32 Å². The smallest absolute Gasteiger partial charge is 0.0725 e. The van der Waals surface area contributed by atoms with E-state index in [1.165, 1.54) is 5.56 Å². The molecule has 0 radical (unpaired) electrons. The Balaban J connectivity index is 1.94. The van der Waals surface area contributed by atoms with E-state index >= 15 is 0 Å². The molecular formula is C15H13BrCl2N2. The molecule has 0 fully saturated rings. The second kappa shape index (κ2) is 5.92. The lowest BCUT2D eigenvalue weighted by atomic mass is 9.92. The van der Waals surface area contributed by atoms with Crippen LogP contribution in [-0.4, -0.2) is 4.98 Å². The lowest BCUT2D eigenvalue weighted by Crippen LogP contribution is -2.19. The summed E-state index contributed by atoms with van der Waals surface area (Å²) in [4.78, 5) is 4.52. The summed E-state index contributed by atoms with van der Waals surface area (Å²) in [5.41, 5.74) is 3.19. The maximum atomic E-state index is 6.28. The van der Waals surface area contributed by atoms with Crippen molar-refractivity contribution in [3.8, 4) is 0 Å². The van der Waals surface area contributed by atoms with Crippen LogP contribution in [-0.2, 0) is 6.42 Å². The fourth-order valence-corrected chi connectivity index (χ4v) is 3.92. The van der Waals surface area contributed by atoms with Gasteiger partial charge in [0.2, 0.25) is 0 Å². The Labute approximate surface area is 136 Å². The van der Waals surface area contributed by atoms with Gasteiger partial charge < -0.3 is 5.32 Å². The molecule has 20 heavy (non-hydrogen) atoms. The van der Waals surface area contributed by atoms with E-state index in [1.807, 2.05) is 24.4 Å². The van der Waals surface area contributed by atoms with Crippen molar-refractivity contribution in [2.45, 2.75) is 25.3 Å². The van der Waals surface area contributed by atoms with Gasteiger partial charge in [-0.15, -0.1) is 0 Å². The molecule has 1 aliphatic carbocycles. The van der Waals surface area contributed by atoms with E-state index in [4.69, 9.17) is 23.2 Å². The van der Waals surface area contributed by atoms with Gasteiger partial charge in [-0.25, -0.2) is 0 Å². The van der Waals surface area contributed by atoms with Crippen LogP contribution in [0.2, 0.25) is 10.0 Å². The van der Waals surface area contributed by atoms with E-state index in [9.17, 15) is 0 Å². The summed E-state index contributed by atoms with van der Waals surface area (Å²) >= 11 is 16.0. The molecule has 1 aromatic carbocycles. The number of fused-ring (bicyclic) bond motifs is 1. The zero-order valence-corrected chi connectivity index (χ0v) is 13.8. The van der Waals surface area contributed by atoms with Crippen LogP contribution in [0.5, 0.6) is 0 Å². The predicted octanol–water partition coefficient (Wildman–Crippen LogP) is 5.64. The first-order chi connectivity index (χ1) is 9.65. The fourth-order valence-electron chi connectivity index (χ4n) is 2.60. The average Bonchev–Trinajstić information content (AvgIpc) is 2.43. The van der Waals surface area contributed by atoms with E-state index in [0.717, 1.165) is 35.1 Å². The van der Waals surface area contributed by atoms with Crippen LogP contribution in [0.1, 0.15) is 30.1 Å². The highest BCUT2D eigenvalue weighted by molar-refractivity contribution is 9.10. The number of pyridine rings is 1. The fraction of sp³-hybridized carbons (Fsp3) is 0.267. The van der Waals surface area contributed by atoms with Crippen molar-refractivity contribution in [1.82, 2.24) is 4.98 Å². The molecule has 2 aromatic rings. The molecule has 0 spiro atoms. The van der Waals surface area contributed by atoms with E-state index < -0.39 is 0 Å². The Bertz CT molecular complexity index is 623. The standard InChI is InChI=1S/C15H13BrCl2N2/c16-10-7-11(17)15(12(18)8-10)20-13-5-1-3-9-4-2-6-19-14(9)13/h2,4,6-8,13,20H,1,3,5H2. The summed E-state index contributed by atoms with van der Waals surface area (Å²) in [6.45, 7) is 0. The van der Waals surface area contributed by atoms with Crippen molar-refractivity contribution in [3.63, 3.8) is 0 Å². The molecule has 1 atom stereocenters. The molecule has 5 heteroatoms. The molecular weight excluding hydrogens is 359 g/mol. The number of anilines is 1. The van der Waals surface area contributed by atoms with Crippen LogP contribution in [0.25, 0.3) is 0 Å². The summed E-state index contributed by atoms with van der Waals surface area (Å²) in [5, 5.41) is 4.69. The van der Waals surface area contributed by atoms with Gasteiger partial charge in [0.1, 0.15) is 0 Å². The molecule has 1 heterocycles. The molecule has 0 aliphatic heterocycles. The lowest BCUT2D eigenvalue weighted by Gasteiger charge is -2.26. The quantitative estimate of drug-likeness (QED) is 0.738. The molecule has 1 N–H and O–H groups in total. The van der Waals surface area contributed by atoms with Crippen LogP contribution in [0.3, 0.4) is 0 Å². The molecule has 0 saturated carbocycles. The van der Waals surface area contributed by atoms with Crippen molar-refractivity contribution >= 4 is 44.8 Å². The number of rotatable bonds is 2. The monoisotopic (exact) mass is 370 g/mol. The molecule has 0 amide bonds. The summed E-state index contributed by atoms with van der Waals surface area (Å²) in [6.07, 6.45) is 5.10. The molecule has 1 unspecified atom stereocenters. The van der Waals surface area contributed by atoms with E-state index in [1.54, 1.807) is 0 Å². The van der Waals surface area contributed by atoms with Crippen molar-refractivity contribution in [3.05, 3.63) is 56.2 Å². The molecule has 1 aromatic heterocycles. The second-order valence-electron chi connectivity index (χ2n) is 4.88. The Hall–Kier alpha value is -0.770. The van der Waals surface area contributed by atoms with Crippen LogP contribution < -0.4 is 5.32 Å². The van der Waals surface area contributed by atoms with Gasteiger partial charge in [0.15, 0.2) is 0 Å². The van der Waals surface area contributed by atoms with Gasteiger partial charge in [-0.3, -0.25) is 4.98 Å². The third kappa shape index (κ3) is 2.80. The van der Waals surface area contributed by atoms with Crippen LogP contribution in [0.15, 0.2) is 34.9 Å². The van der Waals surface area contributed by atoms with Gasteiger partial charge in [-0.05, 0) is 43.0 Å². The van der Waals surface area contributed by atoms with Crippen molar-refractivity contribution in [2.24, 2.45) is 0 Å². The SMILES string of the molecule is Clc1cc(Br)cc(Cl)c1NC1CCCc2cccnc21. The van der Waals surface area contributed by atoms with Crippen molar-refractivity contribution in [1.29, 1.82) is 0 Å². The Kier molecular flexibility index (Phi) is 4.20. The van der Waals surface area contributed by atoms with Gasteiger partial charge in [-0.1, -0.05) is 45.2 Å². The third-order valence-corrected chi connectivity index (χ3v) is 4.57. The molecule has 0 saturated heterocycles. The van der Waals surface area contributed by atoms with Crippen LogP contribution >= 0.6 is 39.1 Å². The minimum absolute atomic E-state index is 0.163. The van der Waals surface area contributed by atoms with E-state index in [-0.39, 0.29) is 6.04 Å². The summed E-state index contributed by atoms with van der Waals surface area (Å²) < 4.78 is 0.875. The maximum absolute atomic E-state index is 6.28. The first-order valence-corrected chi connectivity index (χ1v) is 8.05. The van der Waals surface area contributed by atoms with Crippen LogP contribution in [0.4, 0.5) is 5.69 Å². The number of nitrogens with one attached hydrogen (secondary N) is 1. The van der Waals surface area contributed by atoms with E-state index in [2.05, 4.69) is 32.3 Å². The highest BCUT2D eigenvalue weighted by Crippen LogP contribution is 2.38. The highest BCUT2D eigenvalue weighted by atomic mass is 79.9. The first-order valence-electron chi connectivity index (χ1n) is 6.50. The predicted molar refractivity (Wildman–Crippen MR) is 87.7 cm³/mol. The average molecular weight is 372 g/mol. The zero-order chi connectivity index (χ0) is 14.1. The Morgan fingerprint density at radius 1 is 1.25 bits per heavy atom. The molecule has 2 nitrogen and oxygen atoms in total. The molecule has 0 bridgehead atoms. The Morgan fingerprint density at radius 2 is 2.00 bits per heavy atom. The largest absolute Gasteiger partial charge is 0.374 e. The molecule has 104 valence electrons. The lowest BCUT2D eigenvalue weighted by molar-refractivity contribution is 0.583. The molecule has 1 aliphatic rings. The van der Waals surface area contributed by atoms with Gasteiger partial charge in [0, 0.05) is 10.7 Å². The Morgan fingerprint density at radius 3 is 2.75 bits per heavy atom. The van der Waals surface area contributed by atoms with Gasteiger partial charge in [-0.2, -0.15) is 0 Å². The minimum atomic E-state index is 0.163. The number of halogens is 3. The number of hydrogen-bond donors (Lipinski definition) is 1. The number of hydrogen-bond acceptors (Lipinski definition) is 2. The topological polar surface area (TPSA) is 24.9 Å². The number of benzene rings is 1. The number of nitrogens with zero attached hydrogens (tertiary/aromatic N) is 1. The minimum Gasteiger partial charge on any atom is -0.374 e. The molecule has 3 rings (SSSR count). The summed E-state index contributed by atoms with van der Waals surface area (Å²) in [6, 6.07) is 7.98. The van der Waals surface area contributed by atoms with Gasteiger partial charge in [0.05, 0.1) is 27.5 Å². The van der Waals surface area contributed by atoms with Crippen molar-refractivity contribution < 1.29 is 0 Å². The summed E-state index contributed by atoms with van der Waals surface area (Å²) in [5.74, 6) is 0. The number of aryl methyl sites for hydroxylation is 1. The number of aromatic nitrogens is 1. The second-order valence-corrected chi connectivity index (χ2v) is 6.61. The van der Waals surface area contributed by atoms with Crippen LogP contribution in [0, 0.1) is 0 Å². The highest BCUT2D eigenvalue weighted by Gasteiger charge is 2.22. The zero-order valence-electron chi connectivity index (χ0n) is 10.7. The van der Waals surface area contributed by atoms with E-state index in [0.29, 0.717) is 10.0 Å². The van der Waals surface area contributed by atoms with Gasteiger partial charge >= 0.3 is 0 Å². The normalized spacial score (nSPS) is 17.6. The maximum Gasteiger partial charge on any atom is 0.0725 e. The summed E-state index contributed by atoms with van der Waals surface area (Å²) in [7, 11) is 0.